The fourth-order valence-electron chi connectivity index (χ4n) is 7.44. The summed E-state index contributed by atoms with van der Waals surface area (Å²) in [6.45, 7) is 3.77. The molecule has 8 unspecified atom stereocenters. The van der Waals surface area contributed by atoms with Crippen molar-refractivity contribution in [1.82, 2.24) is 0 Å². The molecule has 0 radical (unpaired) electrons. The van der Waals surface area contributed by atoms with Gasteiger partial charge in [0.05, 0.1) is 5.60 Å². The highest BCUT2D eigenvalue weighted by atomic mass is 16.3. The van der Waals surface area contributed by atoms with Gasteiger partial charge in [-0.05, 0) is 81.0 Å². The molecule has 0 aromatic heterocycles. The minimum Gasteiger partial charge on any atom is -0.390 e. The zero-order valence-electron chi connectivity index (χ0n) is 15.5. The van der Waals surface area contributed by atoms with E-state index < -0.39 is 5.60 Å². The fraction of sp³-hybridized carbons (Fsp3) is 0.905. The van der Waals surface area contributed by atoms with E-state index in [2.05, 4.69) is 6.92 Å². The molecule has 25 heavy (non-hydrogen) atoms. The smallest absolute Gasteiger partial charge is 0.161 e. The SMILES string of the molecule is CC1(O)CCC2C(C1)C(=O)CC1C2CCC2(C)C(C(=O)CO)CCC12. The first-order valence-electron chi connectivity index (χ1n) is 10.2. The largest absolute Gasteiger partial charge is 0.390 e. The molecule has 8 atom stereocenters. The molecule has 0 bridgehead atoms. The summed E-state index contributed by atoms with van der Waals surface area (Å²) < 4.78 is 0. The first-order chi connectivity index (χ1) is 11.8. The number of hydrogen-bond acceptors (Lipinski definition) is 4. The zero-order chi connectivity index (χ0) is 18.0. The van der Waals surface area contributed by atoms with E-state index in [0.717, 1.165) is 38.5 Å². The van der Waals surface area contributed by atoms with Crippen LogP contribution >= 0.6 is 0 Å². The van der Waals surface area contributed by atoms with Crippen LogP contribution in [0.25, 0.3) is 0 Å². The Morgan fingerprint density at radius 3 is 2.52 bits per heavy atom. The van der Waals surface area contributed by atoms with Gasteiger partial charge in [-0.3, -0.25) is 9.59 Å². The van der Waals surface area contributed by atoms with E-state index in [9.17, 15) is 19.8 Å². The van der Waals surface area contributed by atoms with Gasteiger partial charge < -0.3 is 10.2 Å². The Morgan fingerprint density at radius 2 is 1.80 bits per heavy atom. The number of aliphatic hydroxyl groups excluding tert-OH is 1. The molecule has 4 saturated carbocycles. The van der Waals surface area contributed by atoms with Crippen LogP contribution in [0.15, 0.2) is 0 Å². The minimum atomic E-state index is -0.682. The van der Waals surface area contributed by atoms with Crippen LogP contribution in [-0.4, -0.2) is 34.0 Å². The second-order valence-corrected chi connectivity index (χ2v) is 9.91. The Labute approximate surface area is 150 Å². The van der Waals surface area contributed by atoms with Crippen molar-refractivity contribution >= 4 is 11.6 Å². The monoisotopic (exact) mass is 348 g/mol. The number of hydrogen-bond donors (Lipinski definition) is 2. The molecule has 4 aliphatic carbocycles. The molecule has 0 amide bonds. The standard InChI is InChI=1S/C21H32O4/c1-20(25)7-5-13-12-6-8-21(2)16(3-4-17(21)19(24)11-22)14(12)9-18(23)15(13)10-20/h12-17,22,25H,3-11H2,1-2H3. The Balaban J connectivity index is 1.59. The molecule has 140 valence electrons. The molecule has 4 nitrogen and oxygen atoms in total. The van der Waals surface area contributed by atoms with Gasteiger partial charge in [0.25, 0.3) is 0 Å². The molecule has 0 aliphatic heterocycles. The van der Waals surface area contributed by atoms with Crippen molar-refractivity contribution in [3.8, 4) is 0 Å². The molecule has 0 heterocycles. The van der Waals surface area contributed by atoms with Crippen LogP contribution in [0, 0.1) is 40.9 Å². The van der Waals surface area contributed by atoms with Crippen LogP contribution in [0.3, 0.4) is 0 Å². The van der Waals surface area contributed by atoms with E-state index in [1.807, 2.05) is 6.92 Å². The quantitative estimate of drug-likeness (QED) is 0.805. The maximum absolute atomic E-state index is 12.9. The van der Waals surface area contributed by atoms with Crippen molar-refractivity contribution < 1.29 is 19.8 Å². The molecule has 4 aliphatic rings. The summed E-state index contributed by atoms with van der Waals surface area (Å²) in [7, 11) is 0. The minimum absolute atomic E-state index is 0.00261. The number of carbonyl (C=O) groups is 2. The zero-order valence-corrected chi connectivity index (χ0v) is 15.5. The third-order valence-corrected chi connectivity index (χ3v) is 8.63. The van der Waals surface area contributed by atoms with Gasteiger partial charge in [0.2, 0.25) is 0 Å². The Morgan fingerprint density at radius 1 is 1.08 bits per heavy atom. The average molecular weight is 348 g/mol. The summed E-state index contributed by atoms with van der Waals surface area (Å²) >= 11 is 0. The Bertz CT molecular complexity index is 582. The van der Waals surface area contributed by atoms with E-state index >= 15 is 0 Å². The lowest BCUT2D eigenvalue weighted by Gasteiger charge is -2.56. The predicted molar refractivity (Wildman–Crippen MR) is 93.7 cm³/mol. The van der Waals surface area contributed by atoms with E-state index in [-0.39, 0.29) is 29.6 Å². The second-order valence-electron chi connectivity index (χ2n) is 9.91. The van der Waals surface area contributed by atoms with Gasteiger partial charge in [0.15, 0.2) is 5.78 Å². The van der Waals surface area contributed by atoms with Gasteiger partial charge in [0.1, 0.15) is 12.4 Å². The summed E-state index contributed by atoms with van der Waals surface area (Å²) in [5.41, 5.74) is -0.715. The Hall–Kier alpha value is -0.740. The Kier molecular flexibility index (Phi) is 4.16. The van der Waals surface area contributed by atoms with Gasteiger partial charge in [0, 0.05) is 18.3 Å². The molecule has 0 saturated heterocycles. The molecule has 2 N–H and O–H groups in total. The average Bonchev–Trinajstić information content (AvgIpc) is 2.91. The van der Waals surface area contributed by atoms with Crippen LogP contribution in [0.2, 0.25) is 0 Å². The molecule has 0 spiro atoms. The highest BCUT2D eigenvalue weighted by molar-refractivity contribution is 5.84. The molecular formula is C21H32O4. The summed E-state index contributed by atoms with van der Waals surface area (Å²) in [5, 5.41) is 19.8. The first-order valence-corrected chi connectivity index (χ1v) is 10.2. The molecule has 0 aromatic carbocycles. The number of Topliss-reactive ketones (excluding diaryl/α,β-unsaturated/α-hetero) is 2. The lowest BCUT2D eigenvalue weighted by Crippen LogP contribution is -2.54. The van der Waals surface area contributed by atoms with Crippen LogP contribution < -0.4 is 0 Å². The van der Waals surface area contributed by atoms with E-state index in [1.54, 1.807) is 0 Å². The predicted octanol–water partition coefficient (Wildman–Crippen LogP) is 2.75. The second kappa shape index (κ2) is 5.88. The molecule has 4 fully saturated rings. The van der Waals surface area contributed by atoms with Crippen LogP contribution in [0.4, 0.5) is 0 Å². The van der Waals surface area contributed by atoms with Crippen LogP contribution in [-0.2, 0) is 9.59 Å². The highest BCUT2D eigenvalue weighted by Gasteiger charge is 2.60. The summed E-state index contributed by atoms with van der Waals surface area (Å²) in [4.78, 5) is 25.2. The van der Waals surface area contributed by atoms with Crippen molar-refractivity contribution in [2.24, 2.45) is 40.9 Å². The fourth-order valence-corrected chi connectivity index (χ4v) is 7.44. The molecule has 4 heteroatoms. The lowest BCUT2D eigenvalue weighted by atomic mass is 9.48. The van der Waals surface area contributed by atoms with Gasteiger partial charge in [-0.2, -0.15) is 0 Å². The summed E-state index contributed by atoms with van der Waals surface area (Å²) in [5.74, 6) is 2.24. The lowest BCUT2D eigenvalue weighted by molar-refractivity contribution is -0.150. The van der Waals surface area contributed by atoms with Crippen molar-refractivity contribution in [3.05, 3.63) is 0 Å². The summed E-state index contributed by atoms with van der Waals surface area (Å²) in [6.07, 6.45) is 7.09. The maximum Gasteiger partial charge on any atom is 0.161 e. The molecule has 4 rings (SSSR count). The van der Waals surface area contributed by atoms with E-state index in [4.69, 9.17) is 0 Å². The third kappa shape index (κ3) is 2.63. The van der Waals surface area contributed by atoms with Crippen molar-refractivity contribution in [3.63, 3.8) is 0 Å². The highest BCUT2D eigenvalue weighted by Crippen LogP contribution is 2.64. The maximum atomic E-state index is 12.9. The van der Waals surface area contributed by atoms with Crippen LogP contribution in [0.5, 0.6) is 0 Å². The number of ketones is 2. The van der Waals surface area contributed by atoms with Gasteiger partial charge in [-0.25, -0.2) is 0 Å². The first kappa shape index (κ1) is 17.7. The van der Waals surface area contributed by atoms with E-state index in [1.165, 1.54) is 0 Å². The number of aliphatic hydroxyl groups is 2. The summed E-state index contributed by atoms with van der Waals surface area (Å²) in [6, 6.07) is 0. The normalized spacial score (nSPS) is 52.2. The third-order valence-electron chi connectivity index (χ3n) is 8.63. The molecular weight excluding hydrogens is 316 g/mol. The van der Waals surface area contributed by atoms with Gasteiger partial charge >= 0.3 is 0 Å². The van der Waals surface area contributed by atoms with Crippen LogP contribution in [0.1, 0.15) is 65.2 Å². The van der Waals surface area contributed by atoms with Gasteiger partial charge in [-0.15, -0.1) is 0 Å². The number of fused-ring (bicyclic) bond motifs is 5. The number of carbonyl (C=O) groups excluding carboxylic acids is 2. The van der Waals surface area contributed by atoms with Crippen molar-refractivity contribution in [2.75, 3.05) is 6.61 Å². The number of rotatable bonds is 2. The van der Waals surface area contributed by atoms with Gasteiger partial charge in [-0.1, -0.05) is 6.92 Å². The van der Waals surface area contributed by atoms with Crippen molar-refractivity contribution in [2.45, 2.75) is 70.8 Å². The molecule has 0 aromatic rings. The van der Waals surface area contributed by atoms with Crippen molar-refractivity contribution in [1.29, 1.82) is 0 Å². The topological polar surface area (TPSA) is 74.6 Å². The van der Waals surface area contributed by atoms with E-state index in [0.29, 0.717) is 42.3 Å².